The van der Waals surface area contributed by atoms with Crippen molar-refractivity contribution in [1.82, 2.24) is 14.7 Å². The van der Waals surface area contributed by atoms with Crippen molar-refractivity contribution in [2.45, 2.75) is 25.8 Å². The second-order valence-electron chi connectivity index (χ2n) is 6.37. The van der Waals surface area contributed by atoms with Crippen LogP contribution in [0.1, 0.15) is 31.5 Å². The normalized spacial score (nSPS) is 20.1. The highest BCUT2D eigenvalue weighted by Gasteiger charge is 2.38. The number of rotatable bonds is 2. The number of aryl methyl sites for hydroxylation is 1. The Morgan fingerprint density at radius 3 is 2.72 bits per heavy atom. The molecule has 1 atom stereocenters. The highest BCUT2D eigenvalue weighted by Crippen LogP contribution is 2.34. The zero-order chi connectivity index (χ0) is 18.2. The van der Waals surface area contributed by atoms with E-state index in [2.05, 4.69) is 21.9 Å². The monoisotopic (exact) mass is 335 g/mol. The number of aliphatic imine (C=N–C) groups is 1. The van der Waals surface area contributed by atoms with Gasteiger partial charge in [0.15, 0.2) is 5.96 Å². The first-order valence-electron chi connectivity index (χ1n) is 8.03. The summed E-state index contributed by atoms with van der Waals surface area (Å²) >= 11 is 0. The van der Waals surface area contributed by atoms with E-state index in [9.17, 15) is 4.79 Å². The van der Waals surface area contributed by atoms with Crippen LogP contribution < -0.4 is 5.73 Å². The number of nitrogens with zero attached hydrogens (tertiary/aromatic N) is 4. The Hall–Kier alpha value is -3.07. The summed E-state index contributed by atoms with van der Waals surface area (Å²) in [4.78, 5) is 18.1. The predicted octanol–water partition coefficient (Wildman–Crippen LogP) is 1.85. The fraction of sp³-hybridized carbons (Fsp3) is 0.316. The number of carbonyl (C=O) groups is 1. The van der Waals surface area contributed by atoms with Crippen molar-refractivity contribution < 1.29 is 4.79 Å². The maximum atomic E-state index is 12.2. The lowest BCUT2D eigenvalue weighted by Crippen LogP contribution is -2.47. The molecule has 0 unspecified atom stereocenters. The zero-order valence-corrected chi connectivity index (χ0v) is 14.9. The van der Waals surface area contributed by atoms with Crippen molar-refractivity contribution in [3.8, 4) is 23.1 Å². The third kappa shape index (κ3) is 3.01. The van der Waals surface area contributed by atoms with Gasteiger partial charge in [-0.15, -0.1) is 5.92 Å². The largest absolute Gasteiger partial charge is 0.369 e. The Morgan fingerprint density at radius 2 is 2.04 bits per heavy atom. The first-order valence-corrected chi connectivity index (χ1v) is 8.03. The van der Waals surface area contributed by atoms with Crippen molar-refractivity contribution in [1.29, 1.82) is 0 Å². The van der Waals surface area contributed by atoms with Gasteiger partial charge in [-0.2, -0.15) is 5.10 Å². The number of hydrogen-bond donors (Lipinski definition) is 1. The molecule has 2 aromatic rings. The summed E-state index contributed by atoms with van der Waals surface area (Å²) in [6, 6.07) is 9.95. The third-order valence-electron chi connectivity index (χ3n) is 4.43. The third-order valence-corrected chi connectivity index (χ3v) is 4.43. The van der Waals surface area contributed by atoms with Crippen molar-refractivity contribution in [3.63, 3.8) is 0 Å². The van der Waals surface area contributed by atoms with Crippen LogP contribution in [0, 0.1) is 11.8 Å². The summed E-state index contributed by atoms with van der Waals surface area (Å²) in [5, 5.41) is 4.60. The molecule has 1 aliphatic rings. The molecule has 6 nitrogen and oxygen atoms in total. The Kier molecular flexibility index (Phi) is 4.09. The Morgan fingerprint density at radius 1 is 1.28 bits per heavy atom. The van der Waals surface area contributed by atoms with Crippen molar-refractivity contribution in [3.05, 3.63) is 41.6 Å². The van der Waals surface area contributed by atoms with Gasteiger partial charge in [0, 0.05) is 25.2 Å². The Balaban J connectivity index is 2.05. The quantitative estimate of drug-likeness (QED) is 0.851. The first-order chi connectivity index (χ1) is 11.8. The topological polar surface area (TPSA) is 76.5 Å². The van der Waals surface area contributed by atoms with Gasteiger partial charge in [0.2, 0.25) is 5.91 Å². The number of benzene rings is 1. The van der Waals surface area contributed by atoms with Crippen LogP contribution in [0.15, 0.2) is 35.3 Å². The molecule has 1 amide bonds. The smallest absolute Gasteiger partial charge is 0.231 e. The minimum Gasteiger partial charge on any atom is -0.369 e. The number of guanidine groups is 1. The fourth-order valence-electron chi connectivity index (χ4n) is 2.96. The summed E-state index contributed by atoms with van der Waals surface area (Å²) in [6.07, 6.45) is 0.238. The van der Waals surface area contributed by atoms with Crippen LogP contribution in [0.25, 0.3) is 11.3 Å². The Labute approximate surface area is 147 Å². The van der Waals surface area contributed by atoms with Crippen molar-refractivity contribution in [2.24, 2.45) is 17.8 Å². The minimum atomic E-state index is -0.759. The molecule has 25 heavy (non-hydrogen) atoms. The van der Waals surface area contributed by atoms with Crippen LogP contribution in [0.3, 0.4) is 0 Å². The van der Waals surface area contributed by atoms with E-state index in [1.165, 1.54) is 4.90 Å². The first kappa shape index (κ1) is 16.8. The molecule has 3 rings (SSSR count). The van der Waals surface area contributed by atoms with Gasteiger partial charge >= 0.3 is 0 Å². The molecule has 128 valence electrons. The summed E-state index contributed by atoms with van der Waals surface area (Å²) in [7, 11) is 3.51. The summed E-state index contributed by atoms with van der Waals surface area (Å²) in [5.74, 6) is 6.12. The molecule has 2 N–H and O–H groups in total. The van der Waals surface area contributed by atoms with Crippen LogP contribution in [0.2, 0.25) is 0 Å². The zero-order valence-electron chi connectivity index (χ0n) is 14.9. The molecule has 0 aliphatic carbocycles. The van der Waals surface area contributed by atoms with E-state index in [0.29, 0.717) is 0 Å². The number of carbonyl (C=O) groups excluding carboxylic acids is 1. The molecule has 1 aromatic carbocycles. The number of hydrogen-bond acceptors (Lipinski definition) is 4. The van der Waals surface area contributed by atoms with Gasteiger partial charge in [0.1, 0.15) is 5.54 Å². The molecule has 0 spiro atoms. The van der Waals surface area contributed by atoms with E-state index in [1.807, 2.05) is 51.2 Å². The second-order valence-corrected chi connectivity index (χ2v) is 6.37. The van der Waals surface area contributed by atoms with E-state index in [1.54, 1.807) is 11.7 Å². The lowest BCUT2D eigenvalue weighted by molar-refractivity contribution is -0.128. The van der Waals surface area contributed by atoms with E-state index in [0.717, 1.165) is 22.5 Å². The van der Waals surface area contributed by atoms with Crippen molar-refractivity contribution >= 4 is 11.9 Å². The molecule has 0 bridgehead atoms. The molecule has 2 heterocycles. The van der Waals surface area contributed by atoms with Crippen LogP contribution >= 0.6 is 0 Å². The van der Waals surface area contributed by atoms with E-state index < -0.39 is 5.54 Å². The average Bonchev–Trinajstić information content (AvgIpc) is 2.96. The molecule has 0 fully saturated rings. The maximum absolute atomic E-state index is 12.2. The van der Waals surface area contributed by atoms with Crippen LogP contribution in [-0.2, 0) is 17.4 Å². The van der Waals surface area contributed by atoms with Gasteiger partial charge in [0.25, 0.3) is 0 Å². The van der Waals surface area contributed by atoms with Gasteiger partial charge in [-0.3, -0.25) is 14.4 Å². The molecule has 0 radical (unpaired) electrons. The molecular weight excluding hydrogens is 314 g/mol. The Bertz CT molecular complexity index is 931. The van der Waals surface area contributed by atoms with Gasteiger partial charge < -0.3 is 5.73 Å². The SMILES string of the molecule is CC#Cc1cccc(-c2cc([C@]3(C)CC(=O)N(C)C(N)=N3)nn2C)c1. The molecule has 0 saturated heterocycles. The minimum absolute atomic E-state index is 0.0672. The number of aromatic nitrogens is 2. The highest BCUT2D eigenvalue weighted by atomic mass is 16.2. The van der Waals surface area contributed by atoms with Crippen LogP contribution in [0.5, 0.6) is 0 Å². The summed E-state index contributed by atoms with van der Waals surface area (Å²) in [5.41, 5.74) is 8.77. The summed E-state index contributed by atoms with van der Waals surface area (Å²) < 4.78 is 1.80. The molecule has 0 saturated carbocycles. The number of amides is 1. The van der Waals surface area contributed by atoms with Crippen LogP contribution in [-0.4, -0.2) is 33.6 Å². The lowest BCUT2D eigenvalue weighted by Gasteiger charge is -2.31. The van der Waals surface area contributed by atoms with Crippen LogP contribution in [0.4, 0.5) is 0 Å². The molecular formula is C19H21N5O. The molecule has 1 aromatic heterocycles. The predicted molar refractivity (Wildman–Crippen MR) is 97.6 cm³/mol. The molecule has 6 heteroatoms. The maximum Gasteiger partial charge on any atom is 0.231 e. The van der Waals surface area contributed by atoms with E-state index in [-0.39, 0.29) is 18.3 Å². The van der Waals surface area contributed by atoms with Gasteiger partial charge in [-0.1, -0.05) is 18.1 Å². The fourth-order valence-corrected chi connectivity index (χ4v) is 2.96. The van der Waals surface area contributed by atoms with Gasteiger partial charge in [-0.05, 0) is 32.0 Å². The standard InChI is InChI=1S/C19H21N5O/c1-5-7-13-8-6-9-14(10-13)15-11-16(22-24(15)4)19(2)12-17(25)23(3)18(20)21-19/h6,8-11H,12H2,1-4H3,(H2,20,21)/t19-/m0/s1. The molecule has 1 aliphatic heterocycles. The van der Waals surface area contributed by atoms with E-state index in [4.69, 9.17) is 5.73 Å². The highest BCUT2D eigenvalue weighted by molar-refractivity contribution is 5.98. The van der Waals surface area contributed by atoms with Gasteiger partial charge in [0.05, 0.1) is 17.8 Å². The average molecular weight is 335 g/mol. The second kappa shape index (κ2) is 6.10. The number of nitrogens with two attached hydrogens (primary N) is 1. The lowest BCUT2D eigenvalue weighted by atomic mass is 9.92. The van der Waals surface area contributed by atoms with Gasteiger partial charge in [-0.25, -0.2) is 4.99 Å². The van der Waals surface area contributed by atoms with E-state index >= 15 is 0 Å². The van der Waals surface area contributed by atoms with Crippen molar-refractivity contribution in [2.75, 3.05) is 7.05 Å². The summed E-state index contributed by atoms with van der Waals surface area (Å²) in [6.45, 7) is 3.70.